The molecule has 0 spiro atoms. The van der Waals surface area contributed by atoms with E-state index in [4.69, 9.17) is 4.74 Å². The van der Waals surface area contributed by atoms with Gasteiger partial charge >= 0.3 is 0 Å². The maximum Gasteiger partial charge on any atom is 0.264 e. The number of hydrogen-bond donors (Lipinski definition) is 0. The van der Waals surface area contributed by atoms with Crippen LogP contribution >= 0.6 is 11.3 Å². The normalized spacial score (nSPS) is 15.6. The number of nitrogens with zero attached hydrogens (tertiary/aromatic N) is 3. The minimum atomic E-state index is -3.74. The Balaban J connectivity index is 1.50. The van der Waals surface area contributed by atoms with Crippen LogP contribution in [0.4, 0.5) is 0 Å². The molecule has 0 unspecified atom stereocenters. The van der Waals surface area contributed by atoms with Gasteiger partial charge in [0.2, 0.25) is 15.0 Å². The van der Waals surface area contributed by atoms with E-state index in [0.29, 0.717) is 35.8 Å². The lowest BCUT2D eigenvalue weighted by Crippen LogP contribution is -2.37. The van der Waals surface area contributed by atoms with Crippen LogP contribution in [0.15, 0.2) is 89.5 Å². The molecular weight excluding hydrogens is 506 g/mol. The monoisotopic (exact) mass is 535 g/mol. The number of carbonyl (C=O) groups is 1. The van der Waals surface area contributed by atoms with Crippen molar-refractivity contribution < 1.29 is 17.9 Å². The van der Waals surface area contributed by atoms with E-state index in [1.165, 1.54) is 11.3 Å². The van der Waals surface area contributed by atoms with Crippen molar-refractivity contribution in [1.29, 1.82) is 0 Å². The molecular formula is C28H29N3O4S2. The third-order valence-electron chi connectivity index (χ3n) is 6.38. The van der Waals surface area contributed by atoms with Crippen molar-refractivity contribution in [2.45, 2.75) is 42.9 Å². The average molecular weight is 536 g/mol. The highest BCUT2D eigenvalue weighted by atomic mass is 32.2. The van der Waals surface area contributed by atoms with Gasteiger partial charge in [-0.05, 0) is 35.4 Å². The first-order valence-electron chi connectivity index (χ1n) is 12.3. The van der Waals surface area contributed by atoms with Crippen molar-refractivity contribution >= 4 is 27.1 Å². The fraction of sp³-hybridized carbons (Fsp3) is 0.286. The molecule has 4 aromatic rings. The molecule has 0 bridgehead atoms. The SMILES string of the molecule is O=C(c1cccs1)N(Cc1cnc(S(=O)(=O)Cc2ccccc2)n1Cc1ccccc1)C[C@@H]1CCCO1. The van der Waals surface area contributed by atoms with Crippen LogP contribution in [-0.2, 0) is 33.4 Å². The second-order valence-corrected chi connectivity index (χ2v) is 12.0. The van der Waals surface area contributed by atoms with Gasteiger partial charge in [0.05, 0.1) is 41.7 Å². The lowest BCUT2D eigenvalue weighted by atomic mass is 10.2. The maximum absolute atomic E-state index is 13.5. The van der Waals surface area contributed by atoms with Gasteiger partial charge in [-0.1, -0.05) is 66.7 Å². The molecule has 0 saturated carbocycles. The number of hydrogen-bond acceptors (Lipinski definition) is 6. The van der Waals surface area contributed by atoms with Gasteiger partial charge in [0.1, 0.15) is 0 Å². The van der Waals surface area contributed by atoms with Gasteiger partial charge in [-0.15, -0.1) is 11.3 Å². The van der Waals surface area contributed by atoms with E-state index >= 15 is 0 Å². The van der Waals surface area contributed by atoms with Gasteiger partial charge in [-0.2, -0.15) is 0 Å². The number of amides is 1. The quantitative estimate of drug-likeness (QED) is 0.292. The van der Waals surface area contributed by atoms with Crippen molar-refractivity contribution in [2.24, 2.45) is 0 Å². The Kier molecular flexibility index (Phi) is 7.83. The summed E-state index contributed by atoms with van der Waals surface area (Å²) < 4.78 is 34.6. The molecule has 7 nitrogen and oxygen atoms in total. The largest absolute Gasteiger partial charge is 0.376 e. The lowest BCUT2D eigenvalue weighted by molar-refractivity contribution is 0.0505. The van der Waals surface area contributed by atoms with Gasteiger partial charge < -0.3 is 14.2 Å². The number of carbonyl (C=O) groups excluding carboxylic acids is 1. The summed E-state index contributed by atoms with van der Waals surface area (Å²) in [6.45, 7) is 1.70. The highest BCUT2D eigenvalue weighted by Crippen LogP contribution is 2.23. The summed E-state index contributed by atoms with van der Waals surface area (Å²) in [5.74, 6) is -0.237. The highest BCUT2D eigenvalue weighted by molar-refractivity contribution is 7.90. The Morgan fingerprint density at radius 2 is 1.76 bits per heavy atom. The van der Waals surface area contributed by atoms with Gasteiger partial charge in [0, 0.05) is 13.2 Å². The standard InChI is InChI=1S/C28H29N3O4S2/c32-27(26-14-8-16-36-26)30(20-25-13-7-15-35-25)19-24-17-29-28(31(24)18-22-9-3-1-4-10-22)37(33,34)21-23-11-5-2-6-12-23/h1-6,8-12,14,16-17,25H,7,13,15,18-21H2/t25-/m0/s1. The van der Waals surface area contributed by atoms with Gasteiger partial charge in [-0.3, -0.25) is 4.79 Å². The van der Waals surface area contributed by atoms with Crippen molar-refractivity contribution in [3.63, 3.8) is 0 Å². The van der Waals surface area contributed by atoms with E-state index in [1.807, 2.05) is 66.0 Å². The number of ether oxygens (including phenoxy) is 1. The minimum Gasteiger partial charge on any atom is -0.376 e. The van der Waals surface area contributed by atoms with Crippen LogP contribution in [0, 0.1) is 0 Å². The van der Waals surface area contributed by atoms with E-state index in [9.17, 15) is 13.2 Å². The molecule has 37 heavy (non-hydrogen) atoms. The molecule has 9 heteroatoms. The number of thiophene rings is 1. The third-order valence-corrected chi connectivity index (χ3v) is 8.84. The van der Waals surface area contributed by atoms with Crippen molar-refractivity contribution in [2.75, 3.05) is 13.2 Å². The zero-order chi connectivity index (χ0) is 25.7. The van der Waals surface area contributed by atoms with E-state index < -0.39 is 9.84 Å². The number of sulfone groups is 1. The summed E-state index contributed by atoms with van der Waals surface area (Å²) in [5, 5.41) is 1.89. The first-order chi connectivity index (χ1) is 18.0. The van der Waals surface area contributed by atoms with Crippen molar-refractivity contribution in [1.82, 2.24) is 14.5 Å². The van der Waals surface area contributed by atoms with E-state index in [0.717, 1.165) is 18.4 Å². The molecule has 2 aromatic carbocycles. The second kappa shape index (κ2) is 11.4. The predicted molar refractivity (Wildman–Crippen MR) is 143 cm³/mol. The minimum absolute atomic E-state index is 0.0100. The van der Waals surface area contributed by atoms with Crippen LogP contribution in [0.5, 0.6) is 0 Å². The summed E-state index contributed by atoms with van der Waals surface area (Å²) in [6, 6.07) is 22.5. The second-order valence-electron chi connectivity index (χ2n) is 9.15. The highest BCUT2D eigenvalue weighted by Gasteiger charge is 2.28. The molecule has 1 fully saturated rings. The van der Waals surface area contributed by atoms with Crippen LogP contribution in [0.25, 0.3) is 0 Å². The first kappa shape index (κ1) is 25.4. The van der Waals surface area contributed by atoms with Crippen LogP contribution in [0.2, 0.25) is 0 Å². The Bertz CT molecular complexity index is 1410. The van der Waals surface area contributed by atoms with Crippen molar-refractivity contribution in [3.05, 3.63) is 106 Å². The number of aromatic nitrogens is 2. The summed E-state index contributed by atoms with van der Waals surface area (Å²) in [4.78, 5) is 20.2. The third kappa shape index (κ3) is 6.18. The average Bonchev–Trinajstić information content (AvgIpc) is 3.68. The maximum atomic E-state index is 13.5. The van der Waals surface area contributed by atoms with Gasteiger partial charge in [-0.25, -0.2) is 13.4 Å². The molecule has 0 aliphatic carbocycles. The molecule has 5 rings (SSSR count). The Hall–Kier alpha value is -3.27. The van der Waals surface area contributed by atoms with Crippen LogP contribution in [-0.4, -0.2) is 48.0 Å². The van der Waals surface area contributed by atoms with Gasteiger partial charge in [0.15, 0.2) is 0 Å². The summed E-state index contributed by atoms with van der Waals surface area (Å²) >= 11 is 1.40. The lowest BCUT2D eigenvalue weighted by Gasteiger charge is -2.26. The molecule has 2 aromatic heterocycles. The van der Waals surface area contributed by atoms with E-state index in [-0.39, 0.29) is 29.5 Å². The molecule has 3 heterocycles. The molecule has 1 aliphatic heterocycles. The Labute approximate surface area is 221 Å². The predicted octanol–water partition coefficient (Wildman–Crippen LogP) is 4.79. The number of rotatable bonds is 10. The summed E-state index contributed by atoms with van der Waals surface area (Å²) in [6.07, 6.45) is 3.43. The van der Waals surface area contributed by atoms with E-state index in [2.05, 4.69) is 4.98 Å². The topological polar surface area (TPSA) is 81.5 Å². The fourth-order valence-corrected chi connectivity index (χ4v) is 6.75. The molecule has 1 aliphatic rings. The zero-order valence-corrected chi connectivity index (χ0v) is 22.0. The summed E-state index contributed by atoms with van der Waals surface area (Å²) in [5.41, 5.74) is 2.32. The fourth-order valence-electron chi connectivity index (χ4n) is 4.56. The van der Waals surface area contributed by atoms with Crippen LogP contribution in [0.1, 0.15) is 39.3 Å². The van der Waals surface area contributed by atoms with Crippen LogP contribution < -0.4 is 0 Å². The first-order valence-corrected chi connectivity index (χ1v) is 14.8. The van der Waals surface area contributed by atoms with Crippen LogP contribution in [0.3, 0.4) is 0 Å². The zero-order valence-electron chi connectivity index (χ0n) is 20.4. The molecule has 1 saturated heterocycles. The van der Waals surface area contributed by atoms with Crippen molar-refractivity contribution in [3.8, 4) is 0 Å². The number of imidazole rings is 1. The van der Waals surface area contributed by atoms with Gasteiger partial charge in [0.25, 0.3) is 5.91 Å². The smallest absolute Gasteiger partial charge is 0.264 e. The molecule has 0 N–H and O–H groups in total. The summed E-state index contributed by atoms with van der Waals surface area (Å²) in [7, 11) is -3.74. The molecule has 1 amide bonds. The Morgan fingerprint density at radius 3 is 2.41 bits per heavy atom. The number of benzene rings is 2. The molecule has 192 valence electrons. The molecule has 0 radical (unpaired) electrons. The molecule has 1 atom stereocenters. The Morgan fingerprint density at radius 1 is 1.03 bits per heavy atom. The van der Waals surface area contributed by atoms with E-state index in [1.54, 1.807) is 27.8 Å².